The Balaban J connectivity index is 2.39. The summed E-state index contributed by atoms with van der Waals surface area (Å²) in [4.78, 5) is 11.2. The lowest BCUT2D eigenvalue weighted by molar-refractivity contribution is -0.141. The number of nitrogens with one attached hydrogen (secondary N) is 1. The molecule has 0 spiro atoms. The molecule has 0 aliphatic carbocycles. The van der Waals surface area contributed by atoms with Gasteiger partial charge in [0.2, 0.25) is 0 Å². The minimum absolute atomic E-state index is 0.476. The molecule has 0 saturated carbocycles. The van der Waals surface area contributed by atoms with E-state index in [1.54, 1.807) is 0 Å². The van der Waals surface area contributed by atoms with Crippen LogP contribution in [0.15, 0.2) is 0 Å². The van der Waals surface area contributed by atoms with Crippen LogP contribution in [-0.4, -0.2) is 31.5 Å². The molecule has 1 aliphatic heterocycles. The summed E-state index contributed by atoms with van der Waals surface area (Å²) in [7, 11) is 5.98. The second-order valence-corrected chi connectivity index (χ2v) is 4.90. The van der Waals surface area contributed by atoms with E-state index in [4.69, 9.17) is 7.85 Å². The van der Waals surface area contributed by atoms with Crippen LogP contribution in [0, 0.1) is 0 Å². The van der Waals surface area contributed by atoms with Gasteiger partial charge < -0.3 is 10.4 Å². The number of hydrogen-bond acceptors (Lipinski definition) is 2. The fraction of sp³-hybridized carbons (Fsp3) is 0.917. The Morgan fingerprint density at radius 3 is 2.81 bits per heavy atom. The maximum Gasteiger partial charge on any atom is 0.300 e. The maximum atomic E-state index is 11.2. The lowest BCUT2D eigenvalue weighted by Crippen LogP contribution is -2.28. The monoisotopic (exact) mass is 223 g/mol. The molecule has 2 radical (unpaired) electrons. The summed E-state index contributed by atoms with van der Waals surface area (Å²) in [5.41, 5.74) is 0. The van der Waals surface area contributed by atoms with Gasteiger partial charge in [0.25, 0.3) is 0 Å². The third kappa shape index (κ3) is 3.82. The van der Waals surface area contributed by atoms with Crippen molar-refractivity contribution in [1.29, 1.82) is 0 Å². The molecular formula is C12H22BNO2. The maximum absolute atomic E-state index is 11.2. The van der Waals surface area contributed by atoms with E-state index in [-0.39, 0.29) is 0 Å². The van der Waals surface area contributed by atoms with Gasteiger partial charge >= 0.3 is 5.97 Å². The van der Waals surface area contributed by atoms with E-state index < -0.39 is 11.3 Å². The predicted molar refractivity (Wildman–Crippen MR) is 65.9 cm³/mol. The third-order valence-corrected chi connectivity index (χ3v) is 3.50. The van der Waals surface area contributed by atoms with E-state index in [1.165, 1.54) is 6.42 Å². The van der Waals surface area contributed by atoms with Crippen molar-refractivity contribution in [2.45, 2.75) is 63.2 Å². The van der Waals surface area contributed by atoms with Crippen molar-refractivity contribution in [1.82, 2.24) is 5.32 Å². The summed E-state index contributed by atoms with van der Waals surface area (Å²) in [5, 5.41) is 11.5. The molecule has 1 rings (SSSR count). The molecular weight excluding hydrogens is 201 g/mol. The quantitative estimate of drug-likeness (QED) is 0.650. The highest BCUT2D eigenvalue weighted by Crippen LogP contribution is 2.35. The summed E-state index contributed by atoms with van der Waals surface area (Å²) < 4.78 is 0. The molecule has 16 heavy (non-hydrogen) atoms. The Hall–Kier alpha value is -0.505. The highest BCUT2D eigenvalue weighted by molar-refractivity contribution is 6.26. The van der Waals surface area contributed by atoms with Crippen LogP contribution in [0.4, 0.5) is 0 Å². The Bertz CT molecular complexity index is 229. The van der Waals surface area contributed by atoms with Gasteiger partial charge in [0.1, 0.15) is 0 Å². The molecule has 1 saturated heterocycles. The summed E-state index contributed by atoms with van der Waals surface area (Å²) >= 11 is 0. The molecule has 0 aromatic carbocycles. The molecule has 3 nitrogen and oxygen atoms in total. The lowest BCUT2D eigenvalue weighted by Gasteiger charge is -2.26. The van der Waals surface area contributed by atoms with Gasteiger partial charge in [-0.15, -0.1) is 0 Å². The van der Waals surface area contributed by atoms with Crippen LogP contribution in [0.25, 0.3) is 0 Å². The van der Waals surface area contributed by atoms with Crippen LogP contribution < -0.4 is 5.32 Å². The van der Waals surface area contributed by atoms with Gasteiger partial charge in [-0.05, 0) is 38.6 Å². The topological polar surface area (TPSA) is 49.3 Å². The summed E-state index contributed by atoms with van der Waals surface area (Å²) in [6.45, 7) is 3.12. The first-order valence-electron chi connectivity index (χ1n) is 6.34. The van der Waals surface area contributed by atoms with E-state index >= 15 is 0 Å². The molecule has 0 amide bonds. The molecule has 1 aliphatic rings. The van der Waals surface area contributed by atoms with Gasteiger partial charge in [-0.1, -0.05) is 19.8 Å². The fourth-order valence-corrected chi connectivity index (χ4v) is 2.27. The molecule has 2 atom stereocenters. The van der Waals surface area contributed by atoms with Gasteiger partial charge in [0.15, 0.2) is 0 Å². The largest absolute Gasteiger partial charge is 0.481 e. The van der Waals surface area contributed by atoms with E-state index in [9.17, 15) is 9.90 Å². The van der Waals surface area contributed by atoms with Gasteiger partial charge in [0, 0.05) is 11.4 Å². The Morgan fingerprint density at radius 2 is 2.31 bits per heavy atom. The van der Waals surface area contributed by atoms with Crippen molar-refractivity contribution < 1.29 is 9.90 Å². The van der Waals surface area contributed by atoms with Crippen LogP contribution in [0.5, 0.6) is 0 Å². The number of carboxylic acids is 1. The number of rotatable bonds is 7. The van der Waals surface area contributed by atoms with Crippen LogP contribution in [0.3, 0.4) is 0 Å². The first-order valence-corrected chi connectivity index (χ1v) is 6.34. The van der Waals surface area contributed by atoms with Crippen molar-refractivity contribution >= 4 is 13.8 Å². The number of hydrogen-bond donors (Lipinski definition) is 2. The zero-order valence-electron chi connectivity index (χ0n) is 10.2. The van der Waals surface area contributed by atoms with Gasteiger partial charge in [0.05, 0.1) is 7.85 Å². The zero-order valence-corrected chi connectivity index (χ0v) is 10.2. The molecule has 2 N–H and O–H groups in total. The molecule has 0 aromatic rings. The highest BCUT2D eigenvalue weighted by Gasteiger charge is 2.32. The Morgan fingerprint density at radius 1 is 1.56 bits per heavy atom. The summed E-state index contributed by atoms with van der Waals surface area (Å²) in [6, 6.07) is 0.476. The second-order valence-electron chi connectivity index (χ2n) is 4.90. The molecule has 4 heteroatoms. The summed E-state index contributed by atoms with van der Waals surface area (Å²) in [5.74, 6) is -0.848. The van der Waals surface area contributed by atoms with Crippen molar-refractivity contribution in [2.24, 2.45) is 0 Å². The van der Waals surface area contributed by atoms with Crippen LogP contribution >= 0.6 is 0 Å². The van der Waals surface area contributed by atoms with Crippen LogP contribution in [0.2, 0.25) is 5.31 Å². The second kappa shape index (κ2) is 6.28. The van der Waals surface area contributed by atoms with Crippen molar-refractivity contribution in [2.75, 3.05) is 6.54 Å². The van der Waals surface area contributed by atoms with Crippen molar-refractivity contribution in [3.8, 4) is 0 Å². The average molecular weight is 223 g/mol. The number of carbonyl (C=O) groups is 1. The van der Waals surface area contributed by atoms with E-state index in [0.717, 1.165) is 32.2 Å². The van der Waals surface area contributed by atoms with Gasteiger partial charge in [-0.2, -0.15) is 0 Å². The van der Waals surface area contributed by atoms with Crippen LogP contribution in [0.1, 0.15) is 51.9 Å². The summed E-state index contributed by atoms with van der Waals surface area (Å²) in [6.07, 6.45) is 6.29. The first kappa shape index (κ1) is 13.6. The number of unbranched alkanes of at least 4 members (excludes halogenated alkanes) is 1. The van der Waals surface area contributed by atoms with Gasteiger partial charge in [-0.25, -0.2) is 0 Å². The van der Waals surface area contributed by atoms with E-state index in [2.05, 4.69) is 12.2 Å². The van der Waals surface area contributed by atoms with E-state index in [0.29, 0.717) is 18.9 Å². The van der Waals surface area contributed by atoms with Crippen molar-refractivity contribution in [3.05, 3.63) is 0 Å². The first-order chi connectivity index (χ1) is 7.58. The van der Waals surface area contributed by atoms with Crippen molar-refractivity contribution in [3.63, 3.8) is 0 Å². The normalized spacial score (nSPS) is 24.2. The molecule has 90 valence electrons. The number of carboxylic acid groups (broad SMARTS) is 1. The highest BCUT2D eigenvalue weighted by atomic mass is 16.4. The fourth-order valence-electron chi connectivity index (χ4n) is 2.27. The minimum Gasteiger partial charge on any atom is -0.481 e. The van der Waals surface area contributed by atoms with E-state index in [1.807, 2.05) is 0 Å². The standard InChI is InChI=1S/C12H22BNO2/c1-2-3-7-12(13,11(15)16)8-6-10-5-4-9-14-10/h10,14H,2-9H2,1H3,(H,15,16)/t10-,12?/m0/s1. The Labute approximate surface area is 99.4 Å². The molecule has 1 unspecified atom stereocenters. The Kier molecular flexibility index (Phi) is 5.33. The number of aliphatic carboxylic acids is 1. The molecule has 0 aromatic heterocycles. The van der Waals surface area contributed by atoms with Crippen LogP contribution in [-0.2, 0) is 4.79 Å². The smallest absolute Gasteiger partial charge is 0.300 e. The predicted octanol–water partition coefficient (Wildman–Crippen LogP) is 2.12. The zero-order chi connectivity index (χ0) is 12.0. The lowest BCUT2D eigenvalue weighted by atomic mass is 9.62. The molecule has 1 heterocycles. The minimum atomic E-state index is -1.01. The SMILES string of the molecule is [B]C(CCCC)(CC[C@@H]1CCCN1)C(=O)O. The average Bonchev–Trinajstić information content (AvgIpc) is 2.76. The molecule has 1 fully saturated rings. The van der Waals surface area contributed by atoms with Gasteiger partial charge in [-0.3, -0.25) is 4.79 Å². The molecule has 0 bridgehead atoms. The third-order valence-electron chi connectivity index (χ3n) is 3.50.